The molecule has 0 bridgehead atoms. The first-order valence-electron chi connectivity index (χ1n) is 12.9. The van der Waals surface area contributed by atoms with Crippen LogP contribution in [-0.4, -0.2) is 59.3 Å². The van der Waals surface area contributed by atoms with Gasteiger partial charge in [0.2, 0.25) is 0 Å². The Morgan fingerprint density at radius 1 is 1.05 bits per heavy atom. The van der Waals surface area contributed by atoms with Gasteiger partial charge in [0.25, 0.3) is 5.91 Å². The lowest BCUT2D eigenvalue weighted by atomic mass is 10.0. The van der Waals surface area contributed by atoms with Gasteiger partial charge in [0.15, 0.2) is 11.5 Å². The van der Waals surface area contributed by atoms with E-state index in [1.807, 2.05) is 37.3 Å². The minimum atomic E-state index is -0.116. The summed E-state index contributed by atoms with van der Waals surface area (Å²) in [6.45, 7) is 11.7. The number of hydrogen-bond acceptors (Lipinski definition) is 6. The number of rotatable bonds is 8. The highest BCUT2D eigenvalue weighted by molar-refractivity contribution is 5.94. The van der Waals surface area contributed by atoms with Gasteiger partial charge in [-0.25, -0.2) is 0 Å². The van der Waals surface area contributed by atoms with Crippen molar-refractivity contribution in [3.8, 4) is 23.0 Å². The van der Waals surface area contributed by atoms with Gasteiger partial charge in [-0.1, -0.05) is 32.0 Å². The van der Waals surface area contributed by atoms with E-state index in [0.717, 1.165) is 37.4 Å². The molecule has 0 unspecified atom stereocenters. The average molecular weight is 504 g/mol. The number of ether oxygens (including phenoxy) is 1. The molecule has 1 aliphatic heterocycles. The van der Waals surface area contributed by atoms with Crippen molar-refractivity contribution in [1.29, 1.82) is 0 Å². The Morgan fingerprint density at radius 3 is 2.46 bits per heavy atom. The molecule has 0 spiro atoms. The molecule has 1 saturated heterocycles. The second-order valence-electron chi connectivity index (χ2n) is 10.2. The van der Waals surface area contributed by atoms with Crippen LogP contribution in [-0.2, 0) is 0 Å². The molecule has 7 nitrogen and oxygen atoms in total. The van der Waals surface area contributed by atoms with Crippen molar-refractivity contribution in [3.05, 3.63) is 77.9 Å². The number of hydrogen-bond donors (Lipinski definition) is 3. The van der Waals surface area contributed by atoms with Gasteiger partial charge < -0.3 is 25.2 Å². The third-order valence-corrected chi connectivity index (χ3v) is 6.99. The number of benzene rings is 3. The predicted octanol–water partition coefficient (Wildman–Crippen LogP) is 5.16. The van der Waals surface area contributed by atoms with E-state index in [1.54, 1.807) is 36.4 Å². The number of carbonyl (C=O) groups is 1. The van der Waals surface area contributed by atoms with E-state index in [2.05, 4.69) is 35.9 Å². The number of phenolic OH excluding ortho intramolecular Hbond substituents is 2. The fourth-order valence-corrected chi connectivity index (χ4v) is 4.72. The van der Waals surface area contributed by atoms with Crippen LogP contribution in [0.2, 0.25) is 0 Å². The molecule has 1 fully saturated rings. The van der Waals surface area contributed by atoms with Crippen molar-refractivity contribution in [2.24, 2.45) is 5.92 Å². The molecule has 0 radical (unpaired) electrons. The first-order chi connectivity index (χ1) is 17.7. The maximum Gasteiger partial charge on any atom is 0.251 e. The van der Waals surface area contributed by atoms with Crippen molar-refractivity contribution in [2.75, 3.05) is 31.1 Å². The summed E-state index contributed by atoms with van der Waals surface area (Å²) in [5.41, 5.74) is 2.34. The summed E-state index contributed by atoms with van der Waals surface area (Å²) < 4.78 is 5.80. The summed E-state index contributed by atoms with van der Waals surface area (Å²) in [6, 6.07) is 20.0. The SMILES string of the molecule is Cc1cccc(Oc2ccc(C(=O)N[C@H](CN3CCN(c4cccc(O)c4)[C@@H](C)C3)C(C)C)cc2)c1O. The fourth-order valence-electron chi connectivity index (χ4n) is 4.72. The van der Waals surface area contributed by atoms with Gasteiger partial charge in [0.1, 0.15) is 11.5 Å². The standard InChI is InChI=1S/C30H37N3O4/c1-20(2)27(19-32-15-16-33(22(4)18-32)24-8-6-9-25(34)17-24)31-30(36)23-11-13-26(14-12-23)37-28-10-5-7-21(3)29(28)35/h5-14,17,20,22,27,34-35H,15-16,18-19H2,1-4H3,(H,31,36)/t22-,27+/m0/s1. The van der Waals surface area contributed by atoms with Gasteiger partial charge in [-0.3, -0.25) is 9.69 Å². The van der Waals surface area contributed by atoms with Gasteiger partial charge >= 0.3 is 0 Å². The van der Waals surface area contributed by atoms with Crippen LogP contribution >= 0.6 is 0 Å². The minimum Gasteiger partial charge on any atom is -0.508 e. The van der Waals surface area contributed by atoms with E-state index < -0.39 is 0 Å². The molecule has 37 heavy (non-hydrogen) atoms. The summed E-state index contributed by atoms with van der Waals surface area (Å²) in [5.74, 6) is 1.49. The summed E-state index contributed by atoms with van der Waals surface area (Å²) in [7, 11) is 0. The van der Waals surface area contributed by atoms with Crippen molar-refractivity contribution in [3.63, 3.8) is 0 Å². The average Bonchev–Trinajstić information content (AvgIpc) is 2.87. The van der Waals surface area contributed by atoms with Crippen LogP contribution in [0.5, 0.6) is 23.0 Å². The number of nitrogens with zero attached hydrogens (tertiary/aromatic N) is 2. The maximum atomic E-state index is 13.1. The molecule has 0 aliphatic carbocycles. The van der Waals surface area contributed by atoms with Crippen LogP contribution < -0.4 is 15.0 Å². The molecule has 7 heteroatoms. The zero-order valence-electron chi connectivity index (χ0n) is 22.0. The lowest BCUT2D eigenvalue weighted by molar-refractivity contribution is 0.0903. The Balaban J connectivity index is 1.34. The highest BCUT2D eigenvalue weighted by Gasteiger charge is 2.27. The third kappa shape index (κ3) is 6.54. The number of phenols is 2. The molecular weight excluding hydrogens is 466 g/mol. The smallest absolute Gasteiger partial charge is 0.251 e. The van der Waals surface area contributed by atoms with Crippen LogP contribution in [0.15, 0.2) is 66.7 Å². The van der Waals surface area contributed by atoms with E-state index in [-0.39, 0.29) is 29.4 Å². The zero-order valence-corrected chi connectivity index (χ0v) is 22.0. The van der Waals surface area contributed by atoms with E-state index in [9.17, 15) is 15.0 Å². The Morgan fingerprint density at radius 2 is 1.78 bits per heavy atom. The van der Waals surface area contributed by atoms with Crippen LogP contribution in [0.1, 0.15) is 36.7 Å². The molecule has 0 aromatic heterocycles. The normalized spacial score (nSPS) is 17.0. The van der Waals surface area contributed by atoms with Gasteiger partial charge in [0.05, 0.1) is 0 Å². The Kier molecular flexibility index (Phi) is 8.24. The third-order valence-electron chi connectivity index (χ3n) is 6.99. The number of carbonyl (C=O) groups excluding carboxylic acids is 1. The van der Waals surface area contributed by atoms with Crippen LogP contribution in [0, 0.1) is 12.8 Å². The Bertz CT molecular complexity index is 1210. The number of aryl methyl sites for hydroxylation is 1. The molecule has 1 aliphatic rings. The summed E-state index contributed by atoms with van der Waals surface area (Å²) in [6.07, 6.45) is 0. The first kappa shape index (κ1) is 26.4. The highest BCUT2D eigenvalue weighted by atomic mass is 16.5. The van der Waals surface area contributed by atoms with Gasteiger partial charge in [0, 0.05) is 55.6 Å². The second-order valence-corrected chi connectivity index (χ2v) is 10.2. The minimum absolute atomic E-state index is 0.00665. The molecule has 4 rings (SSSR count). The Hall–Kier alpha value is -3.71. The molecule has 3 aromatic carbocycles. The van der Waals surface area contributed by atoms with Gasteiger partial charge in [-0.15, -0.1) is 0 Å². The zero-order chi connectivity index (χ0) is 26.5. The van der Waals surface area contributed by atoms with Gasteiger partial charge in [-0.2, -0.15) is 0 Å². The van der Waals surface area contributed by atoms with Gasteiger partial charge in [-0.05, 0) is 67.8 Å². The van der Waals surface area contributed by atoms with E-state index in [0.29, 0.717) is 23.1 Å². The molecule has 196 valence electrons. The van der Waals surface area contributed by atoms with Crippen LogP contribution in [0.3, 0.4) is 0 Å². The molecule has 1 heterocycles. The molecule has 3 N–H and O–H groups in total. The molecule has 2 atom stereocenters. The first-order valence-corrected chi connectivity index (χ1v) is 12.9. The summed E-state index contributed by atoms with van der Waals surface area (Å²) >= 11 is 0. The number of anilines is 1. The highest BCUT2D eigenvalue weighted by Crippen LogP contribution is 2.33. The molecular formula is C30H37N3O4. The molecule has 1 amide bonds. The maximum absolute atomic E-state index is 13.1. The van der Waals surface area contributed by atoms with Crippen molar-refractivity contribution in [1.82, 2.24) is 10.2 Å². The van der Waals surface area contributed by atoms with Crippen molar-refractivity contribution >= 4 is 11.6 Å². The Labute approximate surface area is 219 Å². The quantitative estimate of drug-likeness (QED) is 0.394. The second kappa shape index (κ2) is 11.6. The van der Waals surface area contributed by atoms with Crippen LogP contribution in [0.25, 0.3) is 0 Å². The van der Waals surface area contributed by atoms with E-state index in [1.165, 1.54) is 0 Å². The monoisotopic (exact) mass is 503 g/mol. The topological polar surface area (TPSA) is 85.3 Å². The largest absolute Gasteiger partial charge is 0.508 e. The molecule has 3 aromatic rings. The number of nitrogens with one attached hydrogen (secondary N) is 1. The van der Waals surface area contributed by atoms with E-state index in [4.69, 9.17) is 4.74 Å². The predicted molar refractivity (Wildman–Crippen MR) is 147 cm³/mol. The number of aromatic hydroxyl groups is 2. The summed E-state index contributed by atoms with van der Waals surface area (Å²) in [4.78, 5) is 17.8. The lowest BCUT2D eigenvalue weighted by Crippen LogP contribution is -2.56. The van der Waals surface area contributed by atoms with Crippen molar-refractivity contribution < 1.29 is 19.7 Å². The fraction of sp³-hybridized carbons (Fsp3) is 0.367. The lowest BCUT2D eigenvalue weighted by Gasteiger charge is -2.42. The molecule has 0 saturated carbocycles. The number of para-hydroxylation sites is 1. The van der Waals surface area contributed by atoms with Crippen molar-refractivity contribution in [2.45, 2.75) is 39.8 Å². The number of piperazine rings is 1. The van der Waals surface area contributed by atoms with Crippen LogP contribution in [0.4, 0.5) is 5.69 Å². The van der Waals surface area contributed by atoms with E-state index >= 15 is 0 Å². The number of amides is 1. The summed E-state index contributed by atoms with van der Waals surface area (Å²) in [5, 5.41) is 23.3.